The molecular weight excluding hydrogens is 201 g/mol. The van der Waals surface area contributed by atoms with Crippen LogP contribution in [0.25, 0.3) is 0 Å². The normalized spacial score (nSPS) is 11.9. The number of hydrogen-bond donors (Lipinski definition) is 3. The number of nitrogens with zero attached hydrogens (tertiary/aromatic N) is 1. The van der Waals surface area contributed by atoms with Crippen molar-refractivity contribution in [1.82, 2.24) is 4.90 Å². The van der Waals surface area contributed by atoms with Gasteiger partial charge in [-0.1, -0.05) is 0 Å². The molecule has 78 valence electrons. The number of rotatable bonds is 6. The first-order chi connectivity index (χ1) is 5.91. The van der Waals surface area contributed by atoms with Gasteiger partial charge in [0.1, 0.15) is 0 Å². The first-order valence-corrected chi connectivity index (χ1v) is 3.76. The van der Waals surface area contributed by atoms with E-state index in [0.717, 1.165) is 4.90 Å². The van der Waals surface area contributed by atoms with E-state index in [0.29, 0.717) is 0 Å². The minimum atomic E-state index is -1.11. The van der Waals surface area contributed by atoms with Gasteiger partial charge in [-0.25, -0.2) is 0 Å². The summed E-state index contributed by atoms with van der Waals surface area (Å²) in [5.41, 5.74) is 0. The molecule has 0 saturated carbocycles. The van der Waals surface area contributed by atoms with Crippen molar-refractivity contribution in [2.24, 2.45) is 0 Å². The van der Waals surface area contributed by atoms with Gasteiger partial charge in [0.25, 0.3) is 0 Å². The molecule has 0 radical (unpaired) electrons. The molecule has 1 unspecified atom stereocenters. The fraction of sp³-hybridized carbons (Fsp3) is 0.714. The molecule has 0 aromatic heterocycles. The van der Waals surface area contributed by atoms with Crippen molar-refractivity contribution in [2.75, 3.05) is 19.6 Å². The molecule has 0 aromatic rings. The predicted molar refractivity (Wildman–Crippen MR) is 50.5 cm³/mol. The molecule has 0 aliphatic carbocycles. The van der Waals surface area contributed by atoms with E-state index < -0.39 is 18.0 Å². The van der Waals surface area contributed by atoms with Gasteiger partial charge in [-0.2, -0.15) is 0 Å². The Kier molecular flexibility index (Phi) is 9.53. The van der Waals surface area contributed by atoms with Crippen LogP contribution in [0.3, 0.4) is 0 Å². The first-order valence-electron chi connectivity index (χ1n) is 3.76. The minimum absolute atomic E-state index is 0. The third kappa shape index (κ3) is 9.94. The van der Waals surface area contributed by atoms with E-state index in [-0.39, 0.29) is 49.2 Å². The van der Waals surface area contributed by atoms with E-state index in [1.54, 1.807) is 0 Å². The van der Waals surface area contributed by atoms with Gasteiger partial charge in [0, 0.05) is 6.54 Å². The molecule has 0 spiro atoms. The number of aliphatic carboxylic acids is 2. The Balaban J connectivity index is 0. The molecule has 1 atom stereocenters. The number of hydrogen-bond acceptors (Lipinski definition) is 4. The maximum absolute atomic E-state index is 10.3. The molecule has 0 aliphatic heterocycles. The third-order valence-corrected chi connectivity index (χ3v) is 1.24. The first kappa shape index (κ1) is 16.3. The molecular formula is C7H14NNaO5. The Bertz CT molecular complexity index is 181. The van der Waals surface area contributed by atoms with E-state index in [1.807, 2.05) is 0 Å². The molecule has 0 aromatic carbocycles. The molecule has 0 heterocycles. The number of carboxylic acids is 2. The van der Waals surface area contributed by atoms with Crippen LogP contribution in [0.4, 0.5) is 0 Å². The molecule has 0 saturated heterocycles. The van der Waals surface area contributed by atoms with Gasteiger partial charge in [-0.15, -0.1) is 0 Å². The Morgan fingerprint density at radius 1 is 1.21 bits per heavy atom. The van der Waals surface area contributed by atoms with Gasteiger partial charge in [-0.3, -0.25) is 14.5 Å². The molecule has 7 heteroatoms. The standard InChI is InChI=1S/C7H13NO5.Na.H/c1-5(9)2-8(3-6(10)11)4-7(12)13;;/h5,9H,2-4H2,1H3,(H,10,11)(H,12,13);;. The van der Waals surface area contributed by atoms with Crippen molar-refractivity contribution in [3.63, 3.8) is 0 Å². The van der Waals surface area contributed by atoms with Gasteiger partial charge in [-0.05, 0) is 6.92 Å². The maximum atomic E-state index is 10.3. The van der Waals surface area contributed by atoms with Crippen molar-refractivity contribution in [3.8, 4) is 0 Å². The van der Waals surface area contributed by atoms with E-state index >= 15 is 0 Å². The second kappa shape index (κ2) is 8.19. The summed E-state index contributed by atoms with van der Waals surface area (Å²) in [5.74, 6) is -2.22. The van der Waals surface area contributed by atoms with Crippen LogP contribution in [0.1, 0.15) is 6.92 Å². The summed E-state index contributed by atoms with van der Waals surface area (Å²) in [6.45, 7) is 0.754. The second-order valence-corrected chi connectivity index (χ2v) is 2.81. The van der Waals surface area contributed by atoms with Crippen molar-refractivity contribution in [3.05, 3.63) is 0 Å². The Labute approximate surface area is 104 Å². The summed E-state index contributed by atoms with van der Waals surface area (Å²) in [5, 5.41) is 25.7. The van der Waals surface area contributed by atoms with E-state index in [4.69, 9.17) is 15.3 Å². The zero-order valence-electron chi connectivity index (χ0n) is 7.30. The number of aliphatic hydroxyl groups excluding tert-OH is 1. The monoisotopic (exact) mass is 215 g/mol. The zero-order chi connectivity index (χ0) is 10.4. The van der Waals surface area contributed by atoms with Gasteiger partial charge in [0.15, 0.2) is 0 Å². The summed E-state index contributed by atoms with van der Waals surface area (Å²) >= 11 is 0. The van der Waals surface area contributed by atoms with Crippen LogP contribution in [-0.4, -0.2) is 87.5 Å². The zero-order valence-corrected chi connectivity index (χ0v) is 7.30. The Morgan fingerprint density at radius 2 is 1.57 bits per heavy atom. The van der Waals surface area contributed by atoms with Crippen LogP contribution in [0.5, 0.6) is 0 Å². The fourth-order valence-corrected chi connectivity index (χ4v) is 0.941. The summed E-state index contributed by atoms with van der Waals surface area (Å²) < 4.78 is 0. The topological polar surface area (TPSA) is 98.1 Å². The van der Waals surface area contributed by atoms with Crippen LogP contribution in [0.15, 0.2) is 0 Å². The molecule has 6 nitrogen and oxygen atoms in total. The summed E-state index contributed by atoms with van der Waals surface area (Å²) in [6, 6.07) is 0. The number of carbonyl (C=O) groups is 2. The molecule has 3 N–H and O–H groups in total. The SMILES string of the molecule is CC(O)CN(CC(=O)O)CC(=O)O.[NaH]. The van der Waals surface area contributed by atoms with Crippen molar-refractivity contribution < 1.29 is 24.9 Å². The van der Waals surface area contributed by atoms with Gasteiger partial charge >= 0.3 is 41.5 Å². The average molecular weight is 215 g/mol. The van der Waals surface area contributed by atoms with Gasteiger partial charge < -0.3 is 15.3 Å². The van der Waals surface area contributed by atoms with E-state index in [2.05, 4.69) is 0 Å². The van der Waals surface area contributed by atoms with Crippen molar-refractivity contribution in [2.45, 2.75) is 13.0 Å². The van der Waals surface area contributed by atoms with Crippen LogP contribution in [-0.2, 0) is 9.59 Å². The van der Waals surface area contributed by atoms with Crippen LogP contribution >= 0.6 is 0 Å². The quantitative estimate of drug-likeness (QED) is 0.452. The Hall–Kier alpha value is -0.140. The molecule has 0 fully saturated rings. The molecule has 14 heavy (non-hydrogen) atoms. The third-order valence-electron chi connectivity index (χ3n) is 1.24. The van der Waals surface area contributed by atoms with Gasteiger partial charge in [0.2, 0.25) is 0 Å². The summed E-state index contributed by atoms with van der Waals surface area (Å²) in [4.78, 5) is 21.7. The number of aliphatic hydroxyl groups is 1. The molecule has 0 aliphatic rings. The molecule has 0 rings (SSSR count). The van der Waals surface area contributed by atoms with Crippen LogP contribution in [0, 0.1) is 0 Å². The Morgan fingerprint density at radius 3 is 1.79 bits per heavy atom. The summed E-state index contributed by atoms with van der Waals surface area (Å²) in [7, 11) is 0. The molecule has 0 bridgehead atoms. The van der Waals surface area contributed by atoms with Crippen LogP contribution < -0.4 is 0 Å². The second-order valence-electron chi connectivity index (χ2n) is 2.81. The van der Waals surface area contributed by atoms with E-state index in [1.165, 1.54) is 6.92 Å². The van der Waals surface area contributed by atoms with Crippen LogP contribution in [0.2, 0.25) is 0 Å². The van der Waals surface area contributed by atoms with Crippen molar-refractivity contribution >= 4 is 41.5 Å². The fourth-order valence-electron chi connectivity index (χ4n) is 0.941. The molecule has 0 amide bonds. The van der Waals surface area contributed by atoms with E-state index in [9.17, 15) is 9.59 Å². The van der Waals surface area contributed by atoms with Crippen molar-refractivity contribution in [1.29, 1.82) is 0 Å². The number of carboxylic acid groups (broad SMARTS) is 2. The van der Waals surface area contributed by atoms with Gasteiger partial charge in [0.05, 0.1) is 19.2 Å². The summed E-state index contributed by atoms with van der Waals surface area (Å²) in [6.07, 6.45) is -0.737. The predicted octanol–water partition coefficient (Wildman–Crippen LogP) is -1.81. The average Bonchev–Trinajstić information content (AvgIpc) is 1.80.